The summed E-state index contributed by atoms with van der Waals surface area (Å²) in [5, 5.41) is 7.55. The molecule has 1 aromatic carbocycles. The van der Waals surface area contributed by atoms with Crippen molar-refractivity contribution in [2.75, 3.05) is 13.1 Å². The number of benzene rings is 1. The Morgan fingerprint density at radius 2 is 2.10 bits per heavy atom. The van der Waals surface area contributed by atoms with Gasteiger partial charge < -0.3 is 10.6 Å². The van der Waals surface area contributed by atoms with Gasteiger partial charge in [-0.1, -0.05) is 29.3 Å². The summed E-state index contributed by atoms with van der Waals surface area (Å²) in [5.74, 6) is 0.762. The highest BCUT2D eigenvalue weighted by Gasteiger charge is 2.16. The average molecular weight is 329 g/mol. The minimum absolute atomic E-state index is 0.0899. The molecule has 5 heteroatoms. The number of hydrogen-bond acceptors (Lipinski definition) is 2. The van der Waals surface area contributed by atoms with Gasteiger partial charge in [-0.15, -0.1) is 0 Å². The SMILES string of the molecule is CC(NC(=O)CCC1CCNCC1)c1ccc(Cl)cc1Cl. The molecule has 2 N–H and O–H groups in total. The summed E-state index contributed by atoms with van der Waals surface area (Å²) >= 11 is 12.1. The van der Waals surface area contributed by atoms with Crippen molar-refractivity contribution in [1.82, 2.24) is 10.6 Å². The van der Waals surface area contributed by atoms with E-state index in [0.29, 0.717) is 22.4 Å². The Morgan fingerprint density at radius 3 is 2.76 bits per heavy atom. The summed E-state index contributed by atoms with van der Waals surface area (Å²) in [4.78, 5) is 12.1. The molecule has 1 atom stereocenters. The molecule has 1 amide bonds. The third-order valence-electron chi connectivity index (χ3n) is 4.04. The fraction of sp³-hybridized carbons (Fsp3) is 0.562. The molecule has 21 heavy (non-hydrogen) atoms. The van der Waals surface area contributed by atoms with Crippen molar-refractivity contribution in [3.63, 3.8) is 0 Å². The van der Waals surface area contributed by atoms with E-state index < -0.39 is 0 Å². The molecule has 1 aliphatic heterocycles. The minimum atomic E-state index is -0.102. The van der Waals surface area contributed by atoms with Crippen LogP contribution in [0, 0.1) is 5.92 Å². The Bertz CT molecular complexity index is 487. The van der Waals surface area contributed by atoms with Crippen molar-refractivity contribution in [1.29, 1.82) is 0 Å². The van der Waals surface area contributed by atoms with Gasteiger partial charge in [0.1, 0.15) is 0 Å². The third-order valence-corrected chi connectivity index (χ3v) is 4.61. The van der Waals surface area contributed by atoms with Gasteiger partial charge >= 0.3 is 0 Å². The Morgan fingerprint density at radius 1 is 1.38 bits per heavy atom. The number of carbonyl (C=O) groups is 1. The number of amides is 1. The highest BCUT2D eigenvalue weighted by Crippen LogP contribution is 2.26. The molecular formula is C16H22Cl2N2O. The van der Waals surface area contributed by atoms with Crippen LogP contribution < -0.4 is 10.6 Å². The van der Waals surface area contributed by atoms with Crippen molar-refractivity contribution >= 4 is 29.1 Å². The fourth-order valence-electron chi connectivity index (χ4n) is 2.75. The highest BCUT2D eigenvalue weighted by molar-refractivity contribution is 6.35. The lowest BCUT2D eigenvalue weighted by Gasteiger charge is -2.22. The van der Waals surface area contributed by atoms with E-state index in [1.165, 1.54) is 12.8 Å². The van der Waals surface area contributed by atoms with Gasteiger partial charge in [-0.05, 0) is 62.9 Å². The zero-order valence-electron chi connectivity index (χ0n) is 12.3. The van der Waals surface area contributed by atoms with E-state index in [1.807, 2.05) is 13.0 Å². The van der Waals surface area contributed by atoms with Gasteiger partial charge in [0.2, 0.25) is 5.91 Å². The monoisotopic (exact) mass is 328 g/mol. The largest absolute Gasteiger partial charge is 0.350 e. The Labute approximate surface area is 136 Å². The predicted molar refractivity (Wildman–Crippen MR) is 87.8 cm³/mol. The molecule has 3 nitrogen and oxygen atoms in total. The standard InChI is InChI=1S/C16H22Cl2N2O/c1-11(14-4-3-13(17)10-15(14)18)20-16(21)5-2-12-6-8-19-9-7-12/h3-4,10-12,19H,2,5-9H2,1H3,(H,20,21). The minimum Gasteiger partial charge on any atom is -0.350 e. The van der Waals surface area contributed by atoms with E-state index in [-0.39, 0.29) is 11.9 Å². The van der Waals surface area contributed by atoms with Gasteiger partial charge in [-0.2, -0.15) is 0 Å². The number of halogens is 2. The van der Waals surface area contributed by atoms with Gasteiger partial charge in [0.15, 0.2) is 0 Å². The first-order valence-corrected chi connectivity index (χ1v) is 8.27. The van der Waals surface area contributed by atoms with Gasteiger partial charge in [0.25, 0.3) is 0 Å². The van der Waals surface area contributed by atoms with Gasteiger partial charge in [-0.3, -0.25) is 4.79 Å². The molecule has 0 aromatic heterocycles. The molecule has 116 valence electrons. The summed E-state index contributed by atoms with van der Waals surface area (Å²) in [6.07, 6.45) is 3.90. The van der Waals surface area contributed by atoms with E-state index >= 15 is 0 Å². The molecule has 1 aromatic rings. The van der Waals surface area contributed by atoms with Gasteiger partial charge in [-0.25, -0.2) is 0 Å². The quantitative estimate of drug-likeness (QED) is 0.859. The molecule has 1 unspecified atom stereocenters. The van der Waals surface area contributed by atoms with Crippen LogP contribution in [0.1, 0.15) is 44.2 Å². The molecular weight excluding hydrogens is 307 g/mol. The predicted octanol–water partition coefficient (Wildman–Crippen LogP) is 3.95. The molecule has 0 bridgehead atoms. The van der Waals surface area contributed by atoms with Crippen LogP contribution in [-0.4, -0.2) is 19.0 Å². The Kier molecular flexibility index (Phi) is 6.34. The molecule has 1 fully saturated rings. The molecule has 1 aliphatic rings. The van der Waals surface area contributed by atoms with Gasteiger partial charge in [0.05, 0.1) is 6.04 Å². The van der Waals surface area contributed by atoms with Crippen LogP contribution in [0.25, 0.3) is 0 Å². The van der Waals surface area contributed by atoms with E-state index in [1.54, 1.807) is 12.1 Å². The van der Waals surface area contributed by atoms with Crippen LogP contribution in [0.15, 0.2) is 18.2 Å². The normalized spacial score (nSPS) is 17.5. The van der Waals surface area contributed by atoms with E-state index in [2.05, 4.69) is 10.6 Å². The maximum Gasteiger partial charge on any atom is 0.220 e. The molecule has 0 aliphatic carbocycles. The fourth-order valence-corrected chi connectivity index (χ4v) is 3.32. The summed E-state index contributed by atoms with van der Waals surface area (Å²) < 4.78 is 0. The number of nitrogens with one attached hydrogen (secondary N) is 2. The number of piperidine rings is 1. The third kappa shape index (κ3) is 5.17. The maximum atomic E-state index is 12.1. The van der Waals surface area contributed by atoms with Crippen LogP contribution in [-0.2, 0) is 4.79 Å². The molecule has 0 radical (unpaired) electrons. The average Bonchev–Trinajstić information content (AvgIpc) is 2.46. The van der Waals surface area contributed by atoms with Crippen molar-refractivity contribution in [3.8, 4) is 0 Å². The first-order valence-electron chi connectivity index (χ1n) is 7.51. The zero-order valence-corrected chi connectivity index (χ0v) is 13.8. The topological polar surface area (TPSA) is 41.1 Å². The summed E-state index contributed by atoms with van der Waals surface area (Å²) in [6, 6.07) is 5.26. The van der Waals surface area contributed by atoms with Crippen LogP contribution in [0.2, 0.25) is 10.0 Å². The highest BCUT2D eigenvalue weighted by atomic mass is 35.5. The lowest BCUT2D eigenvalue weighted by atomic mass is 9.93. The smallest absolute Gasteiger partial charge is 0.220 e. The van der Waals surface area contributed by atoms with Gasteiger partial charge in [0, 0.05) is 16.5 Å². The zero-order chi connectivity index (χ0) is 15.2. The van der Waals surface area contributed by atoms with Crippen molar-refractivity contribution in [2.45, 2.75) is 38.6 Å². The molecule has 2 rings (SSSR count). The molecule has 0 spiro atoms. The van der Waals surface area contributed by atoms with Crippen molar-refractivity contribution < 1.29 is 4.79 Å². The number of carbonyl (C=O) groups excluding carboxylic acids is 1. The first kappa shape index (κ1) is 16.6. The summed E-state index contributed by atoms with van der Waals surface area (Å²) in [6.45, 7) is 4.09. The lowest BCUT2D eigenvalue weighted by molar-refractivity contribution is -0.122. The van der Waals surface area contributed by atoms with Crippen LogP contribution in [0.4, 0.5) is 0 Å². The maximum absolute atomic E-state index is 12.1. The van der Waals surface area contributed by atoms with Crippen molar-refractivity contribution in [3.05, 3.63) is 33.8 Å². The van der Waals surface area contributed by atoms with Crippen LogP contribution >= 0.6 is 23.2 Å². The lowest BCUT2D eigenvalue weighted by Crippen LogP contribution is -2.30. The molecule has 1 saturated heterocycles. The van der Waals surface area contributed by atoms with E-state index in [9.17, 15) is 4.79 Å². The summed E-state index contributed by atoms with van der Waals surface area (Å²) in [7, 11) is 0. The van der Waals surface area contributed by atoms with Crippen LogP contribution in [0.3, 0.4) is 0 Å². The van der Waals surface area contributed by atoms with Crippen LogP contribution in [0.5, 0.6) is 0 Å². The second-order valence-corrected chi connectivity index (χ2v) is 6.53. The molecule has 0 saturated carbocycles. The first-order chi connectivity index (χ1) is 10.1. The number of rotatable bonds is 5. The number of hydrogen-bond donors (Lipinski definition) is 2. The second kappa shape index (κ2) is 8.02. The van der Waals surface area contributed by atoms with Crippen molar-refractivity contribution in [2.24, 2.45) is 5.92 Å². The second-order valence-electron chi connectivity index (χ2n) is 5.69. The summed E-state index contributed by atoms with van der Waals surface area (Å²) in [5.41, 5.74) is 0.899. The Balaban J connectivity index is 1.81. The molecule has 1 heterocycles. The van der Waals surface area contributed by atoms with E-state index in [4.69, 9.17) is 23.2 Å². The van der Waals surface area contributed by atoms with E-state index in [0.717, 1.165) is 25.1 Å². The Hall–Kier alpha value is -0.770.